The second kappa shape index (κ2) is 10.5. The highest BCUT2D eigenvalue weighted by Crippen LogP contribution is 2.20. The summed E-state index contributed by atoms with van der Waals surface area (Å²) in [7, 11) is 0. The monoisotopic (exact) mass is 422 g/mol. The lowest BCUT2D eigenvalue weighted by molar-refractivity contribution is 0.0541. The number of pyridine rings is 1. The number of hydrogen-bond donors (Lipinski definition) is 0. The van der Waals surface area contributed by atoms with E-state index in [4.69, 9.17) is 14.3 Å². The summed E-state index contributed by atoms with van der Waals surface area (Å²) in [4.78, 5) is 27.8. The number of piperidine rings is 1. The van der Waals surface area contributed by atoms with Gasteiger partial charge in [0.1, 0.15) is 24.4 Å². The molecule has 1 aromatic carbocycles. The molecule has 4 rings (SSSR count). The first-order valence-corrected chi connectivity index (χ1v) is 10.5. The fourth-order valence-corrected chi connectivity index (χ4v) is 3.41. The SMILES string of the molecule is O=C(Oc1ccc(CCOc2cccnc2)cc1)N1CCC(COn2ccnc2)CC1. The standard InChI is InChI=1S/C23H26N4O4/c28-23(26-12-7-20(8-13-26)17-30-27-14-11-25-18-27)31-21-5-3-19(4-6-21)9-15-29-22-2-1-10-24-16-22/h1-6,10-11,14,16,18,20H,7-9,12-13,15,17H2. The Kier molecular flexibility index (Phi) is 7.00. The quantitative estimate of drug-likeness (QED) is 0.555. The molecule has 0 atom stereocenters. The van der Waals surface area contributed by atoms with Gasteiger partial charge in [-0.25, -0.2) is 9.78 Å². The van der Waals surface area contributed by atoms with Crippen LogP contribution in [0.4, 0.5) is 4.79 Å². The van der Waals surface area contributed by atoms with E-state index in [9.17, 15) is 4.79 Å². The Bertz CT molecular complexity index is 924. The summed E-state index contributed by atoms with van der Waals surface area (Å²) < 4.78 is 12.8. The number of ether oxygens (including phenoxy) is 2. The molecule has 0 aliphatic carbocycles. The van der Waals surface area contributed by atoms with Crippen LogP contribution in [0.15, 0.2) is 67.5 Å². The number of benzene rings is 1. The number of nitrogens with zero attached hydrogens (tertiary/aromatic N) is 4. The van der Waals surface area contributed by atoms with E-state index < -0.39 is 0 Å². The first-order valence-electron chi connectivity index (χ1n) is 10.5. The van der Waals surface area contributed by atoms with E-state index in [2.05, 4.69) is 9.97 Å². The van der Waals surface area contributed by atoms with Gasteiger partial charge in [-0.2, -0.15) is 4.73 Å². The number of aromatic nitrogens is 3. The largest absolute Gasteiger partial charge is 0.492 e. The van der Waals surface area contributed by atoms with Gasteiger partial charge in [0, 0.05) is 31.9 Å². The van der Waals surface area contributed by atoms with Crippen molar-refractivity contribution in [3.63, 3.8) is 0 Å². The van der Waals surface area contributed by atoms with E-state index in [-0.39, 0.29) is 6.09 Å². The normalized spacial score (nSPS) is 14.3. The molecule has 0 N–H and O–H groups in total. The zero-order valence-electron chi connectivity index (χ0n) is 17.3. The molecule has 1 fully saturated rings. The summed E-state index contributed by atoms with van der Waals surface area (Å²) in [5, 5.41) is 0. The van der Waals surface area contributed by atoms with E-state index in [1.807, 2.05) is 36.4 Å². The summed E-state index contributed by atoms with van der Waals surface area (Å²) in [5.74, 6) is 1.72. The van der Waals surface area contributed by atoms with Gasteiger partial charge in [0.05, 0.1) is 19.0 Å². The molecule has 0 spiro atoms. The minimum absolute atomic E-state index is 0.304. The second-order valence-corrected chi connectivity index (χ2v) is 7.45. The summed E-state index contributed by atoms with van der Waals surface area (Å²) in [5.41, 5.74) is 1.11. The number of amides is 1. The van der Waals surface area contributed by atoms with Gasteiger partial charge in [-0.05, 0) is 48.6 Å². The molecular formula is C23H26N4O4. The fourth-order valence-electron chi connectivity index (χ4n) is 3.41. The Morgan fingerprint density at radius 3 is 2.58 bits per heavy atom. The van der Waals surface area contributed by atoms with Gasteiger partial charge in [-0.3, -0.25) is 4.98 Å². The molecule has 1 aliphatic rings. The first-order chi connectivity index (χ1) is 15.3. The maximum absolute atomic E-state index is 12.5. The lowest BCUT2D eigenvalue weighted by Gasteiger charge is -2.30. The van der Waals surface area contributed by atoms with Gasteiger partial charge >= 0.3 is 6.09 Å². The van der Waals surface area contributed by atoms with E-state index >= 15 is 0 Å². The Morgan fingerprint density at radius 2 is 1.87 bits per heavy atom. The lowest BCUT2D eigenvalue weighted by Crippen LogP contribution is -2.41. The maximum atomic E-state index is 12.5. The molecule has 0 radical (unpaired) electrons. The highest BCUT2D eigenvalue weighted by atomic mass is 16.7. The van der Waals surface area contributed by atoms with Crippen molar-refractivity contribution >= 4 is 6.09 Å². The predicted octanol–water partition coefficient (Wildman–Crippen LogP) is 3.24. The van der Waals surface area contributed by atoms with Crippen LogP contribution in [0.1, 0.15) is 18.4 Å². The molecule has 1 amide bonds. The molecule has 0 unspecified atom stereocenters. The van der Waals surface area contributed by atoms with Gasteiger partial charge in [-0.1, -0.05) is 12.1 Å². The topological polar surface area (TPSA) is 78.7 Å². The van der Waals surface area contributed by atoms with Crippen molar-refractivity contribution in [1.29, 1.82) is 0 Å². The Labute approximate surface area is 181 Å². The zero-order chi connectivity index (χ0) is 21.3. The van der Waals surface area contributed by atoms with Crippen molar-refractivity contribution < 1.29 is 19.1 Å². The summed E-state index contributed by atoms with van der Waals surface area (Å²) in [6.07, 6.45) is 10.7. The van der Waals surface area contributed by atoms with Crippen LogP contribution in [0.5, 0.6) is 11.5 Å². The van der Waals surface area contributed by atoms with Crippen LogP contribution in [-0.2, 0) is 6.42 Å². The number of rotatable bonds is 8. The van der Waals surface area contributed by atoms with Crippen molar-refractivity contribution in [3.05, 3.63) is 73.1 Å². The van der Waals surface area contributed by atoms with Crippen LogP contribution in [0.3, 0.4) is 0 Å². The molecule has 0 bridgehead atoms. The third kappa shape index (κ3) is 6.21. The number of carbonyl (C=O) groups is 1. The van der Waals surface area contributed by atoms with Gasteiger partial charge < -0.3 is 19.2 Å². The third-order valence-electron chi connectivity index (χ3n) is 5.23. The van der Waals surface area contributed by atoms with Crippen LogP contribution < -0.4 is 14.3 Å². The third-order valence-corrected chi connectivity index (χ3v) is 5.23. The molecule has 8 nitrogen and oxygen atoms in total. The van der Waals surface area contributed by atoms with Crippen LogP contribution in [0, 0.1) is 5.92 Å². The van der Waals surface area contributed by atoms with E-state index in [1.54, 1.807) is 40.7 Å². The van der Waals surface area contributed by atoms with Crippen molar-refractivity contribution in [2.75, 3.05) is 26.3 Å². The minimum Gasteiger partial charge on any atom is -0.492 e. The van der Waals surface area contributed by atoms with E-state index in [0.717, 1.165) is 30.6 Å². The Morgan fingerprint density at radius 1 is 1.03 bits per heavy atom. The molecule has 1 saturated heterocycles. The highest BCUT2D eigenvalue weighted by molar-refractivity contribution is 5.70. The molecule has 0 saturated carbocycles. The molecule has 31 heavy (non-hydrogen) atoms. The van der Waals surface area contributed by atoms with Crippen molar-refractivity contribution in [2.45, 2.75) is 19.3 Å². The Balaban J connectivity index is 1.16. The highest BCUT2D eigenvalue weighted by Gasteiger charge is 2.24. The molecule has 3 heterocycles. The van der Waals surface area contributed by atoms with Crippen LogP contribution >= 0.6 is 0 Å². The summed E-state index contributed by atoms with van der Waals surface area (Å²) in [6.45, 7) is 2.51. The van der Waals surface area contributed by atoms with E-state index in [0.29, 0.717) is 38.0 Å². The molecular weight excluding hydrogens is 396 g/mol. The average molecular weight is 422 g/mol. The number of likely N-dealkylation sites (tertiary alicyclic amines) is 1. The predicted molar refractivity (Wildman–Crippen MR) is 114 cm³/mol. The summed E-state index contributed by atoms with van der Waals surface area (Å²) in [6, 6.07) is 11.3. The fraction of sp³-hybridized carbons (Fsp3) is 0.348. The van der Waals surface area contributed by atoms with Crippen molar-refractivity contribution in [1.82, 2.24) is 19.6 Å². The number of imidazole rings is 1. The van der Waals surface area contributed by atoms with Gasteiger partial charge in [0.25, 0.3) is 0 Å². The number of carbonyl (C=O) groups excluding carboxylic acids is 1. The molecule has 2 aromatic heterocycles. The molecule has 3 aromatic rings. The van der Waals surface area contributed by atoms with E-state index in [1.165, 1.54) is 0 Å². The smallest absolute Gasteiger partial charge is 0.415 e. The molecule has 8 heteroatoms. The lowest BCUT2D eigenvalue weighted by atomic mass is 9.98. The molecule has 1 aliphatic heterocycles. The second-order valence-electron chi connectivity index (χ2n) is 7.45. The summed E-state index contributed by atoms with van der Waals surface area (Å²) >= 11 is 0. The Hall–Kier alpha value is -3.55. The van der Waals surface area contributed by atoms with Crippen LogP contribution in [0.25, 0.3) is 0 Å². The zero-order valence-corrected chi connectivity index (χ0v) is 17.3. The van der Waals surface area contributed by atoms with Crippen molar-refractivity contribution in [3.8, 4) is 11.5 Å². The average Bonchev–Trinajstić information content (AvgIpc) is 3.34. The maximum Gasteiger partial charge on any atom is 0.415 e. The van der Waals surface area contributed by atoms with Crippen LogP contribution in [-0.4, -0.2) is 52.0 Å². The van der Waals surface area contributed by atoms with Gasteiger partial charge in [0.2, 0.25) is 0 Å². The molecule has 162 valence electrons. The minimum atomic E-state index is -0.304. The van der Waals surface area contributed by atoms with Gasteiger partial charge in [-0.15, -0.1) is 0 Å². The van der Waals surface area contributed by atoms with Crippen molar-refractivity contribution in [2.24, 2.45) is 5.92 Å². The van der Waals surface area contributed by atoms with Crippen LogP contribution in [0.2, 0.25) is 0 Å². The van der Waals surface area contributed by atoms with Gasteiger partial charge in [0.15, 0.2) is 0 Å². The number of hydrogen-bond acceptors (Lipinski definition) is 6. The first kappa shape index (κ1) is 20.7.